The Morgan fingerprint density at radius 1 is 1.59 bits per heavy atom. The van der Waals surface area contributed by atoms with Crippen molar-refractivity contribution >= 4 is 5.91 Å². The molecule has 1 aromatic rings. The first-order chi connectivity index (χ1) is 10.5. The van der Waals surface area contributed by atoms with Crippen LogP contribution in [0, 0.1) is 5.92 Å². The molecular formula is C16H27N3O3. The Morgan fingerprint density at radius 2 is 2.36 bits per heavy atom. The van der Waals surface area contributed by atoms with Crippen LogP contribution in [0.1, 0.15) is 45.0 Å². The molecule has 6 heteroatoms. The summed E-state index contributed by atoms with van der Waals surface area (Å²) in [6.45, 7) is 5.44. The highest BCUT2D eigenvalue weighted by Crippen LogP contribution is 2.28. The van der Waals surface area contributed by atoms with Crippen LogP contribution < -0.4 is 0 Å². The number of piperidine rings is 1. The average molecular weight is 309 g/mol. The molecule has 1 aliphatic heterocycles. The number of aryl methyl sites for hydroxylation is 1. The molecule has 1 fully saturated rings. The smallest absolute Gasteiger partial charge is 0.248 e. The fourth-order valence-corrected chi connectivity index (χ4v) is 2.79. The van der Waals surface area contributed by atoms with E-state index < -0.39 is 6.10 Å². The van der Waals surface area contributed by atoms with Crippen LogP contribution in [0.2, 0.25) is 0 Å². The van der Waals surface area contributed by atoms with Gasteiger partial charge in [-0.1, -0.05) is 6.92 Å². The number of aliphatic hydroxyl groups excluding tert-OH is 1. The van der Waals surface area contributed by atoms with Crippen molar-refractivity contribution in [3.8, 4) is 0 Å². The molecule has 0 spiro atoms. The van der Waals surface area contributed by atoms with Gasteiger partial charge in [0.25, 0.3) is 0 Å². The number of aliphatic hydroxyl groups is 1. The van der Waals surface area contributed by atoms with Crippen molar-refractivity contribution in [3.63, 3.8) is 0 Å². The summed E-state index contributed by atoms with van der Waals surface area (Å²) in [5.74, 6) is 0.703. The van der Waals surface area contributed by atoms with E-state index in [1.807, 2.05) is 36.6 Å². The normalized spacial score (nSPS) is 21.6. The number of aromatic nitrogens is 2. The molecule has 3 unspecified atom stereocenters. The third-order valence-electron chi connectivity index (χ3n) is 4.45. The molecule has 1 N–H and O–H groups in total. The number of ether oxygens (including phenoxy) is 1. The van der Waals surface area contributed by atoms with E-state index in [0.29, 0.717) is 12.4 Å². The lowest BCUT2D eigenvalue weighted by Gasteiger charge is -2.35. The predicted octanol–water partition coefficient (Wildman–Crippen LogP) is 1.51. The third-order valence-corrected chi connectivity index (χ3v) is 4.45. The van der Waals surface area contributed by atoms with Crippen LogP contribution in [-0.2, 0) is 16.6 Å². The Bertz CT molecular complexity index is 489. The number of likely N-dealkylation sites (tertiary alicyclic amines) is 1. The van der Waals surface area contributed by atoms with Crippen molar-refractivity contribution in [2.24, 2.45) is 13.0 Å². The molecule has 2 rings (SSSR count). The molecule has 22 heavy (non-hydrogen) atoms. The molecule has 1 amide bonds. The second-order valence-corrected chi connectivity index (χ2v) is 6.11. The zero-order valence-corrected chi connectivity index (χ0v) is 13.7. The lowest BCUT2D eigenvalue weighted by atomic mass is 9.92. The van der Waals surface area contributed by atoms with Crippen molar-refractivity contribution in [2.45, 2.75) is 45.3 Å². The number of carbonyl (C=O) groups is 1. The molecule has 2 heterocycles. The summed E-state index contributed by atoms with van der Waals surface area (Å²) in [7, 11) is 1.87. The van der Waals surface area contributed by atoms with E-state index >= 15 is 0 Å². The fraction of sp³-hybridized carbons (Fsp3) is 0.750. The predicted molar refractivity (Wildman–Crippen MR) is 83.2 cm³/mol. The number of hydrogen-bond acceptors (Lipinski definition) is 4. The Labute approximate surface area is 132 Å². The van der Waals surface area contributed by atoms with Crippen LogP contribution in [0.3, 0.4) is 0 Å². The van der Waals surface area contributed by atoms with E-state index in [0.717, 1.165) is 25.8 Å². The van der Waals surface area contributed by atoms with Gasteiger partial charge < -0.3 is 19.3 Å². The molecule has 3 atom stereocenters. The van der Waals surface area contributed by atoms with Gasteiger partial charge in [0.1, 0.15) is 18.5 Å². The van der Waals surface area contributed by atoms with Gasteiger partial charge in [0.2, 0.25) is 5.91 Å². The minimum absolute atomic E-state index is 0.0111. The van der Waals surface area contributed by atoms with E-state index in [2.05, 4.69) is 4.98 Å². The van der Waals surface area contributed by atoms with Crippen LogP contribution in [0.15, 0.2) is 12.4 Å². The summed E-state index contributed by atoms with van der Waals surface area (Å²) in [6.07, 6.45) is 5.68. The largest absolute Gasteiger partial charge is 0.385 e. The number of hydrogen-bond donors (Lipinski definition) is 1. The maximum atomic E-state index is 12.2. The van der Waals surface area contributed by atoms with E-state index in [1.54, 1.807) is 6.20 Å². The molecule has 0 saturated carbocycles. The third kappa shape index (κ3) is 4.08. The van der Waals surface area contributed by atoms with Crippen LogP contribution in [0.5, 0.6) is 0 Å². The summed E-state index contributed by atoms with van der Waals surface area (Å²) in [5.41, 5.74) is 0. The van der Waals surface area contributed by atoms with Crippen LogP contribution in [-0.4, -0.2) is 51.3 Å². The molecule has 0 bridgehead atoms. The standard InChI is InChI=1S/C16H27N3O3/c1-4-12(2)22-11-14(20)19-8-5-6-13(10-19)15(21)16-17-7-9-18(16)3/h7,9,12-13,15,21H,4-6,8,10-11H2,1-3H3. The van der Waals surface area contributed by atoms with Crippen LogP contribution >= 0.6 is 0 Å². The molecule has 0 radical (unpaired) electrons. The maximum Gasteiger partial charge on any atom is 0.248 e. The summed E-state index contributed by atoms with van der Waals surface area (Å²) in [6, 6.07) is 0. The van der Waals surface area contributed by atoms with Gasteiger partial charge in [0, 0.05) is 38.4 Å². The van der Waals surface area contributed by atoms with Crippen molar-refractivity contribution in [2.75, 3.05) is 19.7 Å². The van der Waals surface area contributed by atoms with Crippen molar-refractivity contribution in [3.05, 3.63) is 18.2 Å². The minimum atomic E-state index is -0.633. The molecule has 124 valence electrons. The summed E-state index contributed by atoms with van der Waals surface area (Å²) in [5, 5.41) is 10.5. The van der Waals surface area contributed by atoms with E-state index in [9.17, 15) is 9.90 Å². The van der Waals surface area contributed by atoms with E-state index in [4.69, 9.17) is 4.74 Å². The van der Waals surface area contributed by atoms with Crippen molar-refractivity contribution in [1.82, 2.24) is 14.5 Å². The highest BCUT2D eigenvalue weighted by atomic mass is 16.5. The molecule has 0 aromatic carbocycles. The molecule has 6 nitrogen and oxygen atoms in total. The second kappa shape index (κ2) is 7.74. The summed E-state index contributed by atoms with van der Waals surface area (Å²) in [4.78, 5) is 18.3. The minimum Gasteiger partial charge on any atom is -0.385 e. The number of imidazole rings is 1. The first kappa shape index (κ1) is 17.0. The summed E-state index contributed by atoms with van der Waals surface area (Å²) >= 11 is 0. The molecule has 1 aromatic heterocycles. The van der Waals surface area contributed by atoms with Gasteiger partial charge in [-0.2, -0.15) is 0 Å². The molecule has 1 saturated heterocycles. The number of nitrogens with zero attached hydrogens (tertiary/aromatic N) is 3. The Balaban J connectivity index is 1.91. The Morgan fingerprint density at radius 3 is 3.00 bits per heavy atom. The van der Waals surface area contributed by atoms with Gasteiger partial charge in [-0.3, -0.25) is 4.79 Å². The SMILES string of the molecule is CCC(C)OCC(=O)N1CCCC(C(O)c2nccn2C)C1. The van der Waals surface area contributed by atoms with Crippen molar-refractivity contribution in [1.29, 1.82) is 0 Å². The zero-order valence-electron chi connectivity index (χ0n) is 13.7. The van der Waals surface area contributed by atoms with Gasteiger partial charge >= 0.3 is 0 Å². The van der Waals surface area contributed by atoms with Crippen LogP contribution in [0.25, 0.3) is 0 Å². The fourth-order valence-electron chi connectivity index (χ4n) is 2.79. The highest BCUT2D eigenvalue weighted by molar-refractivity contribution is 5.77. The lowest BCUT2D eigenvalue weighted by Crippen LogP contribution is -2.43. The van der Waals surface area contributed by atoms with Gasteiger partial charge in [-0.15, -0.1) is 0 Å². The van der Waals surface area contributed by atoms with Gasteiger partial charge in [0.15, 0.2) is 0 Å². The number of carbonyl (C=O) groups excluding carboxylic acids is 1. The molecule has 1 aliphatic rings. The van der Waals surface area contributed by atoms with E-state index in [-0.39, 0.29) is 24.5 Å². The van der Waals surface area contributed by atoms with Crippen LogP contribution in [0.4, 0.5) is 0 Å². The van der Waals surface area contributed by atoms with Gasteiger partial charge in [0.05, 0.1) is 6.10 Å². The number of rotatable bonds is 6. The van der Waals surface area contributed by atoms with Crippen molar-refractivity contribution < 1.29 is 14.6 Å². The maximum absolute atomic E-state index is 12.2. The van der Waals surface area contributed by atoms with Gasteiger partial charge in [-0.25, -0.2) is 4.98 Å². The highest BCUT2D eigenvalue weighted by Gasteiger charge is 2.31. The quantitative estimate of drug-likeness (QED) is 0.865. The lowest BCUT2D eigenvalue weighted by molar-refractivity contribution is -0.140. The zero-order chi connectivity index (χ0) is 16.1. The molecular weight excluding hydrogens is 282 g/mol. The van der Waals surface area contributed by atoms with Gasteiger partial charge in [-0.05, 0) is 26.2 Å². The average Bonchev–Trinajstić information content (AvgIpc) is 2.97. The Kier molecular flexibility index (Phi) is 5.97. The first-order valence-electron chi connectivity index (χ1n) is 8.07. The molecule has 0 aliphatic carbocycles. The summed E-state index contributed by atoms with van der Waals surface area (Å²) < 4.78 is 7.35. The first-order valence-corrected chi connectivity index (χ1v) is 8.07. The number of amides is 1. The monoisotopic (exact) mass is 309 g/mol. The Hall–Kier alpha value is -1.40. The topological polar surface area (TPSA) is 67.6 Å². The second-order valence-electron chi connectivity index (χ2n) is 6.11. The van der Waals surface area contributed by atoms with E-state index in [1.165, 1.54) is 0 Å².